The van der Waals surface area contributed by atoms with E-state index < -0.39 is 23.0 Å². The summed E-state index contributed by atoms with van der Waals surface area (Å²) in [5.41, 5.74) is 0.879. The molecular weight excluding hydrogens is 620 g/mol. The largest absolute Gasteiger partial charge is 0.504 e. The number of carbonyl (C=O) groups is 2. The molecule has 4 aliphatic rings. The number of phenolic OH excluding ortho intramolecular Hbond substituents is 4. The van der Waals surface area contributed by atoms with E-state index in [0.717, 1.165) is 16.7 Å². The zero-order valence-corrected chi connectivity index (χ0v) is 25.7. The van der Waals surface area contributed by atoms with Gasteiger partial charge >= 0.3 is 0 Å². The van der Waals surface area contributed by atoms with Gasteiger partial charge in [0.25, 0.3) is 0 Å². The van der Waals surface area contributed by atoms with Crippen molar-refractivity contribution in [2.24, 2.45) is 5.92 Å². The van der Waals surface area contributed by atoms with E-state index in [-0.39, 0.29) is 54.9 Å². The van der Waals surface area contributed by atoms with Gasteiger partial charge in [0.1, 0.15) is 18.0 Å². The standard InChI is InChI=1S/C36H34N2O10/c39-25-5-1-21(15-27(25)41)10-13-37-31(43)8-3-23-9-12-35-33(34(44)38-14-11-22-2-6-26(40)28(42)16-22)32(36(35,18-23)48-20-47-35)24-4-7-29-30(17-24)46-19-45-29/h1-9,12,15-18,32-33,39-42H,10-11,13-14,19-20H2,(H,37,43)(H,38,44)/b8-3+/t32-,33+,35-,36+/m0/s1. The highest BCUT2D eigenvalue weighted by Crippen LogP contribution is 2.67. The van der Waals surface area contributed by atoms with Crippen LogP contribution in [0, 0.1) is 5.92 Å². The molecule has 4 atom stereocenters. The third-order valence-electron chi connectivity index (χ3n) is 9.34. The summed E-state index contributed by atoms with van der Waals surface area (Å²) in [6.45, 7) is 0.672. The van der Waals surface area contributed by atoms with Crippen LogP contribution in [-0.4, -0.2) is 70.1 Å². The number of hydrogen-bond donors (Lipinski definition) is 6. The molecule has 48 heavy (non-hydrogen) atoms. The van der Waals surface area contributed by atoms with Crippen molar-refractivity contribution >= 4 is 11.8 Å². The van der Waals surface area contributed by atoms with Crippen LogP contribution in [0.15, 0.2) is 90.6 Å². The van der Waals surface area contributed by atoms with E-state index in [1.807, 2.05) is 36.4 Å². The van der Waals surface area contributed by atoms with Crippen LogP contribution in [0.2, 0.25) is 0 Å². The van der Waals surface area contributed by atoms with Gasteiger partial charge in [-0.15, -0.1) is 0 Å². The van der Waals surface area contributed by atoms with E-state index in [1.165, 1.54) is 30.3 Å². The summed E-state index contributed by atoms with van der Waals surface area (Å²) >= 11 is 0. The summed E-state index contributed by atoms with van der Waals surface area (Å²) in [5.74, 6) is -1.37. The van der Waals surface area contributed by atoms with Gasteiger partial charge in [0.05, 0.1) is 5.92 Å². The molecule has 0 spiro atoms. The van der Waals surface area contributed by atoms with Crippen molar-refractivity contribution in [2.45, 2.75) is 30.0 Å². The number of benzene rings is 3. The van der Waals surface area contributed by atoms with Crippen molar-refractivity contribution in [3.63, 3.8) is 0 Å². The Morgan fingerprint density at radius 3 is 2.15 bits per heavy atom. The molecule has 12 nitrogen and oxygen atoms in total. The highest BCUT2D eigenvalue weighted by molar-refractivity contribution is 5.88. The first-order chi connectivity index (χ1) is 23.2. The monoisotopic (exact) mass is 654 g/mol. The Balaban J connectivity index is 1.09. The first-order valence-corrected chi connectivity index (χ1v) is 15.5. The second-order valence-corrected chi connectivity index (χ2v) is 12.1. The van der Waals surface area contributed by atoms with Crippen LogP contribution in [0.1, 0.15) is 22.6 Å². The van der Waals surface area contributed by atoms with E-state index in [4.69, 9.17) is 18.9 Å². The molecule has 2 aliphatic carbocycles. The Morgan fingerprint density at radius 2 is 1.44 bits per heavy atom. The van der Waals surface area contributed by atoms with Crippen LogP contribution in [0.4, 0.5) is 0 Å². The summed E-state index contributed by atoms with van der Waals surface area (Å²) in [7, 11) is 0. The topological polar surface area (TPSA) is 176 Å². The lowest BCUT2D eigenvalue weighted by Crippen LogP contribution is -2.74. The van der Waals surface area contributed by atoms with Crippen LogP contribution in [0.5, 0.6) is 34.5 Å². The van der Waals surface area contributed by atoms with Gasteiger partial charge in [-0.1, -0.05) is 24.3 Å². The maximum atomic E-state index is 13.9. The lowest BCUT2D eigenvalue weighted by Gasteiger charge is -2.61. The van der Waals surface area contributed by atoms with E-state index in [2.05, 4.69) is 10.6 Å². The minimum atomic E-state index is -1.09. The van der Waals surface area contributed by atoms with Gasteiger partial charge in [-0.3, -0.25) is 9.59 Å². The van der Waals surface area contributed by atoms with Crippen molar-refractivity contribution in [1.29, 1.82) is 0 Å². The third kappa shape index (κ3) is 5.38. The third-order valence-corrected chi connectivity index (χ3v) is 9.34. The molecule has 0 bridgehead atoms. The fourth-order valence-electron chi connectivity index (χ4n) is 7.00. The Bertz CT molecular complexity index is 1870. The number of phenols is 4. The van der Waals surface area contributed by atoms with Crippen LogP contribution in [0.25, 0.3) is 0 Å². The molecule has 7 rings (SSSR count). The predicted molar refractivity (Wildman–Crippen MR) is 171 cm³/mol. The van der Waals surface area contributed by atoms with Crippen LogP contribution < -0.4 is 20.1 Å². The SMILES string of the molecule is O=C(/C=C/C1=C[C@]23OCO[C@@]2(C=C1)[C@@H](C(=O)NCCc1ccc(O)c(O)c1)[C@@H]3c1ccc2c(c1)OCO2)NCCc1ccc(O)c(O)c1. The molecule has 1 saturated carbocycles. The normalized spacial score (nSPS) is 24.8. The lowest BCUT2D eigenvalue weighted by atomic mass is 9.46. The predicted octanol–water partition coefficient (Wildman–Crippen LogP) is 3.20. The lowest BCUT2D eigenvalue weighted by molar-refractivity contribution is -0.170. The number of carbonyl (C=O) groups excluding carboxylic acids is 2. The van der Waals surface area contributed by atoms with Gasteiger partial charge in [-0.05, 0) is 89.7 Å². The van der Waals surface area contributed by atoms with Gasteiger partial charge in [0.15, 0.2) is 34.5 Å². The Hall–Kier alpha value is -5.46. The Morgan fingerprint density at radius 1 is 0.771 bits per heavy atom. The van der Waals surface area contributed by atoms with Crippen molar-refractivity contribution in [1.82, 2.24) is 10.6 Å². The van der Waals surface area contributed by atoms with E-state index >= 15 is 0 Å². The quantitative estimate of drug-likeness (QED) is 0.141. The summed E-state index contributed by atoms with van der Waals surface area (Å²) in [4.78, 5) is 26.6. The summed E-state index contributed by atoms with van der Waals surface area (Å²) in [6, 6.07) is 14.6. The minimum absolute atomic E-state index is 0.0389. The number of ether oxygens (including phenoxy) is 4. The van der Waals surface area contributed by atoms with Crippen molar-refractivity contribution in [3.8, 4) is 34.5 Å². The van der Waals surface area contributed by atoms with E-state index in [0.29, 0.717) is 36.5 Å². The molecule has 6 N–H and O–H groups in total. The first-order valence-electron chi connectivity index (χ1n) is 15.5. The molecular formula is C36H34N2O10. The number of fused-ring (bicyclic) bond motifs is 1. The molecule has 3 aromatic rings. The Labute approximate surface area is 275 Å². The van der Waals surface area contributed by atoms with Gasteiger partial charge in [-0.2, -0.15) is 0 Å². The smallest absolute Gasteiger partial charge is 0.244 e. The average Bonchev–Trinajstić information content (AvgIpc) is 3.67. The maximum absolute atomic E-state index is 13.9. The van der Waals surface area contributed by atoms with Gasteiger partial charge in [0.2, 0.25) is 18.6 Å². The molecule has 3 aromatic carbocycles. The molecule has 0 aromatic heterocycles. The molecule has 12 heteroatoms. The summed E-state index contributed by atoms with van der Waals surface area (Å²) in [5, 5.41) is 44.5. The first kappa shape index (κ1) is 31.2. The highest BCUT2D eigenvalue weighted by Gasteiger charge is 2.78. The average molecular weight is 655 g/mol. The number of rotatable bonds is 10. The fraction of sp³-hybridized carbons (Fsp3) is 0.278. The summed E-state index contributed by atoms with van der Waals surface area (Å²) < 4.78 is 23.7. The van der Waals surface area contributed by atoms with E-state index in [9.17, 15) is 30.0 Å². The minimum Gasteiger partial charge on any atom is -0.504 e. The van der Waals surface area contributed by atoms with Crippen LogP contribution in [-0.2, 0) is 31.9 Å². The molecule has 248 valence electrons. The molecule has 0 radical (unpaired) electrons. The number of amides is 2. The van der Waals surface area contributed by atoms with Crippen molar-refractivity contribution < 1.29 is 49.0 Å². The Kier molecular flexibility index (Phi) is 7.98. The van der Waals surface area contributed by atoms with Gasteiger partial charge in [-0.25, -0.2) is 0 Å². The van der Waals surface area contributed by atoms with E-state index in [1.54, 1.807) is 18.2 Å². The zero-order chi connectivity index (χ0) is 33.5. The summed E-state index contributed by atoms with van der Waals surface area (Å²) in [6.07, 6.45) is 9.54. The second kappa shape index (κ2) is 12.3. The van der Waals surface area contributed by atoms with Gasteiger partial charge in [0, 0.05) is 25.1 Å². The van der Waals surface area contributed by atoms with Crippen LogP contribution >= 0.6 is 0 Å². The molecule has 2 fully saturated rings. The molecule has 1 saturated heterocycles. The molecule has 2 aliphatic heterocycles. The van der Waals surface area contributed by atoms with Gasteiger partial charge < -0.3 is 50.0 Å². The van der Waals surface area contributed by atoms with Crippen molar-refractivity contribution in [2.75, 3.05) is 26.7 Å². The maximum Gasteiger partial charge on any atom is 0.244 e. The highest BCUT2D eigenvalue weighted by atomic mass is 16.7. The number of allylic oxidation sites excluding steroid dienone is 3. The molecule has 2 amide bonds. The molecule has 0 unspecified atom stereocenters. The number of nitrogens with one attached hydrogen (secondary N) is 2. The number of hydrogen-bond acceptors (Lipinski definition) is 10. The van der Waals surface area contributed by atoms with Crippen molar-refractivity contribution in [3.05, 3.63) is 107 Å². The van der Waals surface area contributed by atoms with Crippen LogP contribution in [0.3, 0.4) is 0 Å². The molecule has 2 heterocycles. The second-order valence-electron chi connectivity index (χ2n) is 12.1. The zero-order valence-electron chi connectivity index (χ0n) is 25.7. The number of aromatic hydroxyl groups is 4. The fourth-order valence-corrected chi connectivity index (χ4v) is 7.00.